The second-order valence-corrected chi connectivity index (χ2v) is 6.22. The van der Waals surface area contributed by atoms with Crippen molar-refractivity contribution in [2.24, 2.45) is 0 Å². The first-order chi connectivity index (χ1) is 13.1. The van der Waals surface area contributed by atoms with E-state index in [4.69, 9.17) is 9.47 Å². The zero-order valence-corrected chi connectivity index (χ0v) is 14.6. The highest BCUT2D eigenvalue weighted by Gasteiger charge is 2.36. The number of carbonyl (C=O) groups is 1. The average Bonchev–Trinajstić information content (AvgIpc) is 3.10. The van der Waals surface area contributed by atoms with E-state index in [0.29, 0.717) is 11.3 Å². The lowest BCUT2D eigenvalue weighted by Crippen LogP contribution is -2.19. The van der Waals surface area contributed by atoms with Crippen LogP contribution >= 0.6 is 0 Å². The molecule has 4 rings (SSSR count). The van der Waals surface area contributed by atoms with Gasteiger partial charge in [-0.25, -0.2) is 9.78 Å². The molecule has 2 atom stereocenters. The topological polar surface area (TPSA) is 60.5 Å². The Bertz CT molecular complexity index is 992. The number of aromatic nitrogens is 1. The van der Waals surface area contributed by atoms with Crippen LogP contribution in [0.25, 0.3) is 11.1 Å². The molecule has 5 nitrogen and oxygen atoms in total. The van der Waals surface area contributed by atoms with Crippen LogP contribution in [0.3, 0.4) is 0 Å². The lowest BCUT2D eigenvalue weighted by Gasteiger charge is -2.19. The molecule has 0 radical (unpaired) electrons. The lowest BCUT2D eigenvalue weighted by molar-refractivity contribution is 0.132. The summed E-state index contributed by atoms with van der Waals surface area (Å²) in [6.07, 6.45) is 0.460. The summed E-state index contributed by atoms with van der Waals surface area (Å²) in [5, 5.41) is 2.86. The molecule has 1 aliphatic heterocycles. The normalized spacial score (nSPS) is 18.7. The summed E-state index contributed by atoms with van der Waals surface area (Å²) in [4.78, 5) is 15.5. The number of carbonyl (C=O) groups excluding carboxylic acids is 1. The van der Waals surface area contributed by atoms with Crippen molar-refractivity contribution >= 4 is 6.09 Å². The molecule has 1 fully saturated rings. The largest absolute Gasteiger partial charge is 0.497 e. The Morgan fingerprint density at radius 2 is 1.81 bits per heavy atom. The molecule has 0 unspecified atom stereocenters. The number of amides is 1. The Morgan fingerprint density at radius 3 is 2.63 bits per heavy atom. The fourth-order valence-corrected chi connectivity index (χ4v) is 3.25. The van der Waals surface area contributed by atoms with Crippen molar-refractivity contribution < 1.29 is 18.7 Å². The number of nitrogens with zero attached hydrogens (tertiary/aromatic N) is 1. The smallest absolute Gasteiger partial charge is 0.408 e. The quantitative estimate of drug-likeness (QED) is 0.696. The molecular formula is C21H17FN2O3. The second kappa shape index (κ2) is 7.07. The molecule has 3 aromatic rings. The summed E-state index contributed by atoms with van der Waals surface area (Å²) in [6.45, 7) is 0. The van der Waals surface area contributed by atoms with Gasteiger partial charge in [-0.3, -0.25) is 0 Å². The molecule has 1 amide bonds. The van der Waals surface area contributed by atoms with Gasteiger partial charge in [-0.1, -0.05) is 30.3 Å². The highest BCUT2D eigenvalue weighted by atomic mass is 19.1. The number of ether oxygens (including phenoxy) is 2. The summed E-state index contributed by atoms with van der Waals surface area (Å²) in [5.41, 5.74) is 3.24. The summed E-state index contributed by atoms with van der Waals surface area (Å²) in [6, 6.07) is 17.8. The number of benzene rings is 2. The summed E-state index contributed by atoms with van der Waals surface area (Å²) in [7, 11) is 1.59. The predicted molar refractivity (Wildman–Crippen MR) is 97.7 cm³/mol. The highest BCUT2D eigenvalue weighted by molar-refractivity contribution is 5.72. The van der Waals surface area contributed by atoms with Gasteiger partial charge in [0.1, 0.15) is 5.75 Å². The van der Waals surface area contributed by atoms with Gasteiger partial charge < -0.3 is 14.8 Å². The molecular weight excluding hydrogens is 347 g/mol. The maximum Gasteiger partial charge on any atom is 0.408 e. The number of alkyl carbamates (subject to hydrolysis) is 1. The number of halogens is 1. The van der Waals surface area contributed by atoms with Crippen LogP contribution in [0.4, 0.5) is 9.18 Å². The van der Waals surface area contributed by atoms with Crippen LogP contribution in [0.2, 0.25) is 0 Å². The molecule has 27 heavy (non-hydrogen) atoms. The summed E-state index contributed by atoms with van der Waals surface area (Å²) >= 11 is 0. The van der Waals surface area contributed by atoms with Gasteiger partial charge in [0.25, 0.3) is 0 Å². The van der Waals surface area contributed by atoms with Crippen LogP contribution in [0.5, 0.6) is 5.75 Å². The number of hydrogen-bond acceptors (Lipinski definition) is 4. The number of cyclic esters (lactones) is 1. The Hall–Kier alpha value is -3.41. The van der Waals surface area contributed by atoms with Crippen molar-refractivity contribution in [3.05, 3.63) is 83.9 Å². The van der Waals surface area contributed by atoms with E-state index >= 15 is 0 Å². The summed E-state index contributed by atoms with van der Waals surface area (Å²) in [5.74, 6) is 0.153. The molecule has 0 saturated carbocycles. The molecule has 1 N–H and O–H groups in total. The average molecular weight is 364 g/mol. The standard InChI is InChI=1S/C21H17FN2O3/c1-26-17-7-3-6-16(11-17)20-19(24-21(25)27-20)15-5-2-4-13(10-15)14-8-9-23-18(22)12-14/h2-12,19-20H,1H3,(H,24,25)/t19-,20-/m1/s1. The molecule has 6 heteroatoms. The minimum atomic E-state index is -0.537. The van der Waals surface area contributed by atoms with Crippen molar-refractivity contribution in [3.63, 3.8) is 0 Å². The SMILES string of the molecule is COc1cccc([C@H]2OC(=O)N[C@@H]2c2cccc(-c3ccnc(F)c3)c2)c1. The van der Waals surface area contributed by atoms with Crippen molar-refractivity contribution in [1.29, 1.82) is 0 Å². The Morgan fingerprint density at radius 1 is 1.04 bits per heavy atom. The van der Waals surface area contributed by atoms with Gasteiger partial charge >= 0.3 is 6.09 Å². The molecule has 0 bridgehead atoms. The maximum atomic E-state index is 13.5. The van der Waals surface area contributed by atoms with Gasteiger partial charge in [0.15, 0.2) is 6.10 Å². The molecule has 0 aliphatic carbocycles. The van der Waals surface area contributed by atoms with Crippen LogP contribution in [-0.4, -0.2) is 18.2 Å². The molecule has 1 aromatic heterocycles. The van der Waals surface area contributed by atoms with Gasteiger partial charge in [0.2, 0.25) is 5.95 Å². The molecule has 2 aromatic carbocycles. The van der Waals surface area contributed by atoms with E-state index in [1.807, 2.05) is 48.5 Å². The molecule has 136 valence electrons. The zero-order chi connectivity index (χ0) is 18.8. The number of methoxy groups -OCH3 is 1. The van der Waals surface area contributed by atoms with Crippen LogP contribution < -0.4 is 10.1 Å². The van der Waals surface area contributed by atoms with E-state index in [1.54, 1.807) is 13.2 Å². The van der Waals surface area contributed by atoms with E-state index in [0.717, 1.165) is 16.7 Å². The molecule has 2 heterocycles. The van der Waals surface area contributed by atoms with Crippen LogP contribution in [0.15, 0.2) is 66.9 Å². The van der Waals surface area contributed by atoms with Crippen molar-refractivity contribution in [2.45, 2.75) is 12.1 Å². The van der Waals surface area contributed by atoms with Crippen molar-refractivity contribution in [1.82, 2.24) is 10.3 Å². The van der Waals surface area contributed by atoms with Gasteiger partial charge in [0.05, 0.1) is 13.2 Å². The number of nitrogens with one attached hydrogen (secondary N) is 1. The monoisotopic (exact) mass is 364 g/mol. The van der Waals surface area contributed by atoms with E-state index in [-0.39, 0.29) is 6.04 Å². The zero-order valence-electron chi connectivity index (χ0n) is 14.6. The highest BCUT2D eigenvalue weighted by Crippen LogP contribution is 2.38. The van der Waals surface area contributed by atoms with Gasteiger partial charge in [-0.15, -0.1) is 0 Å². The Balaban J connectivity index is 1.70. The third-order valence-corrected chi connectivity index (χ3v) is 4.54. The minimum Gasteiger partial charge on any atom is -0.497 e. The Kier molecular flexibility index (Phi) is 4.46. The van der Waals surface area contributed by atoms with E-state index in [9.17, 15) is 9.18 Å². The van der Waals surface area contributed by atoms with Crippen molar-refractivity contribution in [2.75, 3.05) is 7.11 Å². The first kappa shape index (κ1) is 17.0. The number of rotatable bonds is 4. The van der Waals surface area contributed by atoms with E-state index in [2.05, 4.69) is 10.3 Å². The number of pyridine rings is 1. The third-order valence-electron chi connectivity index (χ3n) is 4.54. The number of hydrogen-bond donors (Lipinski definition) is 1. The van der Waals surface area contributed by atoms with E-state index in [1.165, 1.54) is 12.3 Å². The first-order valence-corrected chi connectivity index (χ1v) is 8.47. The van der Waals surface area contributed by atoms with Gasteiger partial charge in [0, 0.05) is 12.3 Å². The fraction of sp³-hybridized carbons (Fsp3) is 0.143. The molecule has 0 spiro atoms. The van der Waals surface area contributed by atoms with Crippen LogP contribution in [-0.2, 0) is 4.74 Å². The molecule has 1 aliphatic rings. The lowest BCUT2D eigenvalue weighted by atomic mass is 9.94. The predicted octanol–water partition coefficient (Wildman–Crippen LogP) is 4.42. The van der Waals surface area contributed by atoms with E-state index < -0.39 is 18.1 Å². The first-order valence-electron chi connectivity index (χ1n) is 8.47. The van der Waals surface area contributed by atoms with Gasteiger partial charge in [-0.05, 0) is 46.5 Å². The van der Waals surface area contributed by atoms with Crippen LogP contribution in [0, 0.1) is 5.95 Å². The van der Waals surface area contributed by atoms with Crippen molar-refractivity contribution in [3.8, 4) is 16.9 Å². The Labute approximate surface area is 155 Å². The minimum absolute atomic E-state index is 0.365. The fourth-order valence-electron chi connectivity index (χ4n) is 3.25. The second-order valence-electron chi connectivity index (χ2n) is 6.22. The third kappa shape index (κ3) is 3.46. The van der Waals surface area contributed by atoms with Crippen LogP contribution in [0.1, 0.15) is 23.3 Å². The molecule has 1 saturated heterocycles. The summed E-state index contributed by atoms with van der Waals surface area (Å²) < 4.78 is 24.2. The van der Waals surface area contributed by atoms with Gasteiger partial charge in [-0.2, -0.15) is 4.39 Å². The maximum absolute atomic E-state index is 13.5.